The van der Waals surface area contributed by atoms with Crippen LogP contribution < -0.4 is 0 Å². The molecule has 0 saturated heterocycles. The summed E-state index contributed by atoms with van der Waals surface area (Å²) in [6.45, 7) is 15.7. The van der Waals surface area contributed by atoms with Crippen LogP contribution in [-0.4, -0.2) is 40.0 Å². The molecule has 2 N–H and O–H groups in total. The van der Waals surface area contributed by atoms with Crippen LogP contribution in [0, 0.1) is 56.7 Å². The van der Waals surface area contributed by atoms with E-state index in [1.807, 2.05) is 6.08 Å². The number of ether oxygens (including phenoxy) is 1. The van der Waals surface area contributed by atoms with Gasteiger partial charge in [-0.3, -0.25) is 19.2 Å². The van der Waals surface area contributed by atoms with Crippen molar-refractivity contribution in [2.24, 2.45) is 56.7 Å². The maximum Gasteiger partial charge on any atom is 0.313 e. The van der Waals surface area contributed by atoms with Crippen molar-refractivity contribution >= 4 is 23.7 Å². The lowest BCUT2D eigenvalue weighted by molar-refractivity contribution is -0.221. The molecule has 5 rings (SSSR count). The number of ketones is 1. The summed E-state index contributed by atoms with van der Waals surface area (Å²) < 4.78 is 5.72. The largest absolute Gasteiger partial charge is 0.481 e. The topological polar surface area (TPSA) is 118 Å². The molecule has 0 spiro atoms. The van der Waals surface area contributed by atoms with E-state index in [0.29, 0.717) is 37.0 Å². The van der Waals surface area contributed by atoms with Crippen molar-refractivity contribution < 1.29 is 34.1 Å². The maximum absolute atomic E-state index is 14.5. The summed E-state index contributed by atoms with van der Waals surface area (Å²) in [4.78, 5) is 51.0. The molecule has 3 unspecified atom stereocenters. The maximum atomic E-state index is 14.5. The first-order valence-corrected chi connectivity index (χ1v) is 15.9. The Morgan fingerprint density at radius 2 is 1.59 bits per heavy atom. The fourth-order valence-corrected chi connectivity index (χ4v) is 11.2. The van der Waals surface area contributed by atoms with Gasteiger partial charge in [0, 0.05) is 5.92 Å². The van der Waals surface area contributed by atoms with Gasteiger partial charge < -0.3 is 14.9 Å². The van der Waals surface area contributed by atoms with E-state index in [-0.39, 0.29) is 46.7 Å². The number of aliphatic carboxylic acids is 2. The Morgan fingerprint density at radius 1 is 0.902 bits per heavy atom. The van der Waals surface area contributed by atoms with Crippen LogP contribution in [0.1, 0.15) is 113 Å². The summed E-state index contributed by atoms with van der Waals surface area (Å²) in [5.74, 6) is -1.75. The Morgan fingerprint density at radius 3 is 2.22 bits per heavy atom. The van der Waals surface area contributed by atoms with Crippen molar-refractivity contribution in [3.8, 4) is 0 Å². The Kier molecular flexibility index (Phi) is 7.14. The van der Waals surface area contributed by atoms with E-state index in [1.165, 1.54) is 18.4 Å². The molecule has 0 heterocycles. The van der Waals surface area contributed by atoms with Crippen LogP contribution in [-0.2, 0) is 23.9 Å². The molecule has 7 nitrogen and oxygen atoms in total. The van der Waals surface area contributed by atoms with Gasteiger partial charge in [0.05, 0.1) is 12.8 Å². The lowest BCUT2D eigenvalue weighted by Gasteiger charge is -2.70. The molecule has 5 aliphatic rings. The second-order valence-electron chi connectivity index (χ2n) is 15.8. The quantitative estimate of drug-likeness (QED) is 0.354. The molecule has 0 amide bonds. The predicted octanol–water partition coefficient (Wildman–Crippen LogP) is 6.68. The Hall–Kier alpha value is -2.18. The molecule has 228 valence electrons. The van der Waals surface area contributed by atoms with E-state index in [1.54, 1.807) is 6.92 Å². The number of carbonyl (C=O) groups excluding carboxylic acids is 2. The monoisotopic (exact) mass is 570 g/mol. The number of hydrogen-bond donors (Lipinski definition) is 2. The molecule has 4 fully saturated rings. The first-order chi connectivity index (χ1) is 19.0. The molecule has 7 heteroatoms. The Bertz CT molecular complexity index is 1190. The number of carboxylic acids is 2. The lowest BCUT2D eigenvalue weighted by atomic mass is 9.33. The van der Waals surface area contributed by atoms with Crippen molar-refractivity contribution in [1.29, 1.82) is 0 Å². The highest BCUT2D eigenvalue weighted by Gasteiger charge is 2.72. The molecule has 0 bridgehead atoms. The highest BCUT2D eigenvalue weighted by molar-refractivity contribution is 5.96. The molecule has 5 aliphatic carbocycles. The zero-order valence-electron chi connectivity index (χ0n) is 26.0. The summed E-state index contributed by atoms with van der Waals surface area (Å²) in [5.41, 5.74) is -0.764. The summed E-state index contributed by atoms with van der Waals surface area (Å²) in [7, 11) is 0. The summed E-state index contributed by atoms with van der Waals surface area (Å²) in [6.07, 6.45) is 7.52. The van der Waals surface area contributed by atoms with Gasteiger partial charge in [-0.2, -0.15) is 0 Å². The molecular formula is C34H50O7. The van der Waals surface area contributed by atoms with Gasteiger partial charge in [0.25, 0.3) is 0 Å². The molecular weight excluding hydrogens is 520 g/mol. The van der Waals surface area contributed by atoms with E-state index < -0.39 is 34.8 Å². The minimum Gasteiger partial charge on any atom is -0.481 e. The van der Waals surface area contributed by atoms with E-state index in [9.17, 15) is 24.3 Å². The molecule has 0 aromatic carbocycles. The zero-order valence-corrected chi connectivity index (χ0v) is 26.0. The number of fused-ring (bicyclic) bond motifs is 7. The summed E-state index contributed by atoms with van der Waals surface area (Å²) in [6, 6.07) is 0. The van der Waals surface area contributed by atoms with Gasteiger partial charge in [-0.05, 0) is 110 Å². The van der Waals surface area contributed by atoms with Crippen molar-refractivity contribution in [2.75, 3.05) is 0 Å². The second kappa shape index (κ2) is 9.67. The first kappa shape index (κ1) is 30.3. The third-order valence-corrected chi connectivity index (χ3v) is 14.0. The van der Waals surface area contributed by atoms with Crippen LogP contribution >= 0.6 is 0 Å². The van der Waals surface area contributed by atoms with Gasteiger partial charge in [-0.1, -0.05) is 47.1 Å². The van der Waals surface area contributed by atoms with Crippen LogP contribution in [0.25, 0.3) is 0 Å². The first-order valence-electron chi connectivity index (χ1n) is 15.9. The molecule has 0 aliphatic heterocycles. The Labute approximate surface area is 244 Å². The minimum absolute atomic E-state index is 0.130. The normalized spacial score (nSPS) is 49.0. The molecule has 4 saturated carbocycles. The number of hydrogen-bond acceptors (Lipinski definition) is 5. The Balaban J connectivity index is 1.54. The van der Waals surface area contributed by atoms with E-state index >= 15 is 0 Å². The molecule has 11 atom stereocenters. The molecule has 0 aromatic heterocycles. The van der Waals surface area contributed by atoms with Crippen molar-refractivity contribution in [2.45, 2.75) is 119 Å². The predicted molar refractivity (Wildman–Crippen MR) is 154 cm³/mol. The molecule has 0 radical (unpaired) electrons. The van der Waals surface area contributed by atoms with E-state index in [4.69, 9.17) is 9.84 Å². The number of carboxylic acid groups (broad SMARTS) is 2. The number of esters is 1. The summed E-state index contributed by atoms with van der Waals surface area (Å²) >= 11 is 0. The smallest absolute Gasteiger partial charge is 0.313 e. The number of rotatable bonds is 5. The van der Waals surface area contributed by atoms with E-state index in [0.717, 1.165) is 19.3 Å². The van der Waals surface area contributed by atoms with Gasteiger partial charge in [-0.15, -0.1) is 0 Å². The van der Waals surface area contributed by atoms with Crippen LogP contribution in [0.4, 0.5) is 0 Å². The van der Waals surface area contributed by atoms with Crippen LogP contribution in [0.15, 0.2) is 11.6 Å². The van der Waals surface area contributed by atoms with Gasteiger partial charge in [0.15, 0.2) is 5.78 Å². The number of carbonyl (C=O) groups is 4. The van der Waals surface area contributed by atoms with Crippen LogP contribution in [0.5, 0.6) is 0 Å². The fourth-order valence-electron chi connectivity index (χ4n) is 11.2. The standard InChI is InChI=1S/C34H50O7/c1-19-10-13-30(3)16-17-32(5)21(27(30)20(19)2)18-22(35)28-31(4)14-12-24(41-26(38)9-8-25(36)37)34(7,29(39)40)23(31)11-15-33(28,32)6/h18-20,23-24,27-28H,8-17H2,1-7H3,(H,36,37)(H,39,40)/t19-,20+,23?,24-,27?,28?,30-,31+,32-,33-,34-/m1/s1. The van der Waals surface area contributed by atoms with Crippen LogP contribution in [0.3, 0.4) is 0 Å². The van der Waals surface area contributed by atoms with E-state index in [2.05, 4.69) is 41.5 Å². The van der Waals surface area contributed by atoms with Crippen molar-refractivity contribution in [3.05, 3.63) is 11.6 Å². The van der Waals surface area contributed by atoms with Crippen molar-refractivity contribution in [1.82, 2.24) is 0 Å². The average molecular weight is 571 g/mol. The average Bonchev–Trinajstić information content (AvgIpc) is 2.88. The third-order valence-electron chi connectivity index (χ3n) is 14.0. The van der Waals surface area contributed by atoms with Gasteiger partial charge in [-0.25, -0.2) is 0 Å². The van der Waals surface area contributed by atoms with Gasteiger partial charge >= 0.3 is 17.9 Å². The molecule has 41 heavy (non-hydrogen) atoms. The van der Waals surface area contributed by atoms with Gasteiger partial charge in [0.1, 0.15) is 11.5 Å². The molecule has 0 aromatic rings. The van der Waals surface area contributed by atoms with Gasteiger partial charge in [0.2, 0.25) is 0 Å². The fraction of sp³-hybridized carbons (Fsp3) is 0.824. The van der Waals surface area contributed by atoms with Crippen molar-refractivity contribution in [3.63, 3.8) is 0 Å². The lowest BCUT2D eigenvalue weighted by Crippen LogP contribution is -2.68. The SMILES string of the molecule is C[C@@H]1CC[C@]2(C)CC[C@]3(C)C(=CC(=O)C4[C@@]5(C)CC[C@@H](OC(=O)CCC(=O)O)[C@](C)(C(=O)O)C5CC[C@]43C)C2[C@H]1C. The highest BCUT2D eigenvalue weighted by atomic mass is 16.5. The highest BCUT2D eigenvalue weighted by Crippen LogP contribution is 2.75. The number of allylic oxidation sites excluding steroid dienone is 2. The summed E-state index contributed by atoms with van der Waals surface area (Å²) in [5, 5.41) is 19.6. The second-order valence-corrected chi connectivity index (χ2v) is 15.8. The zero-order chi connectivity index (χ0) is 30.3. The van der Waals surface area contributed by atoms with Crippen LogP contribution in [0.2, 0.25) is 0 Å². The third kappa shape index (κ3) is 4.10. The minimum atomic E-state index is -1.36.